The van der Waals surface area contributed by atoms with Crippen LogP contribution in [0.2, 0.25) is 0 Å². The number of piperidine rings is 1. The van der Waals surface area contributed by atoms with E-state index in [1.807, 2.05) is 41.2 Å². The summed E-state index contributed by atoms with van der Waals surface area (Å²) >= 11 is 1.65. The lowest BCUT2D eigenvalue weighted by molar-refractivity contribution is -0.120. The molecule has 8 heteroatoms. The van der Waals surface area contributed by atoms with Crippen molar-refractivity contribution in [2.75, 3.05) is 30.3 Å². The van der Waals surface area contributed by atoms with Gasteiger partial charge in [-0.25, -0.2) is 14.6 Å². The first-order chi connectivity index (χ1) is 14.7. The Morgan fingerprint density at radius 1 is 1.13 bits per heavy atom. The minimum Gasteiger partial charge on any atom is -0.356 e. The van der Waals surface area contributed by atoms with Gasteiger partial charge in [-0.3, -0.25) is 4.79 Å². The second kappa shape index (κ2) is 9.93. The Bertz CT molecular complexity index is 984. The first-order valence-corrected chi connectivity index (χ1v) is 11.6. The number of hydrogen-bond donors (Lipinski definition) is 1. The molecular weight excluding hydrogens is 396 g/mol. The van der Waals surface area contributed by atoms with E-state index >= 15 is 0 Å². The van der Waals surface area contributed by atoms with Crippen molar-refractivity contribution in [3.63, 3.8) is 0 Å². The topological polar surface area (TPSA) is 75.9 Å². The van der Waals surface area contributed by atoms with Crippen molar-refractivity contribution >= 4 is 34.5 Å². The van der Waals surface area contributed by atoms with E-state index in [1.165, 1.54) is 19.3 Å². The predicted molar refractivity (Wildman–Crippen MR) is 121 cm³/mol. The molecule has 4 rings (SSSR count). The Hall–Kier alpha value is -2.61. The third-order valence-corrected chi connectivity index (χ3v) is 5.97. The highest BCUT2D eigenvalue weighted by molar-refractivity contribution is 7.99. The summed E-state index contributed by atoms with van der Waals surface area (Å²) in [6, 6.07) is 9.78. The molecule has 3 aromatic rings. The molecule has 3 heterocycles. The summed E-state index contributed by atoms with van der Waals surface area (Å²) in [5.74, 6) is 1.94. The molecule has 1 aliphatic rings. The maximum Gasteiger partial charge on any atom is 0.224 e. The van der Waals surface area contributed by atoms with E-state index in [0.717, 1.165) is 46.4 Å². The number of amides is 1. The van der Waals surface area contributed by atoms with Gasteiger partial charge in [-0.2, -0.15) is 5.10 Å². The van der Waals surface area contributed by atoms with Crippen LogP contribution in [-0.4, -0.2) is 51.0 Å². The summed E-state index contributed by atoms with van der Waals surface area (Å²) in [6.07, 6.45) is 5.93. The van der Waals surface area contributed by atoms with Gasteiger partial charge in [-0.15, -0.1) is 0 Å². The molecule has 0 unspecified atom stereocenters. The first kappa shape index (κ1) is 20.7. The van der Waals surface area contributed by atoms with Gasteiger partial charge in [0.25, 0.3) is 0 Å². The van der Waals surface area contributed by atoms with Gasteiger partial charge in [-0.1, -0.05) is 49.0 Å². The van der Waals surface area contributed by atoms with Gasteiger partial charge in [0, 0.05) is 19.6 Å². The van der Waals surface area contributed by atoms with E-state index in [0.29, 0.717) is 19.5 Å². The highest BCUT2D eigenvalue weighted by atomic mass is 32.2. The minimum absolute atomic E-state index is 0.0171. The van der Waals surface area contributed by atoms with Crippen molar-refractivity contribution in [2.45, 2.75) is 44.3 Å². The number of anilines is 1. The molecule has 1 N–H and O–H groups in total. The average molecular weight is 425 g/mol. The number of fused-ring (bicyclic) bond motifs is 1. The number of carbonyl (C=O) groups excluding carboxylic acids is 1. The SMILES string of the molecule is CCSc1nc(N2CCCCC2)c2cnn(CCNC(=O)Cc3ccccc3)c2n1. The van der Waals surface area contributed by atoms with Crippen LogP contribution in [-0.2, 0) is 17.8 Å². The highest BCUT2D eigenvalue weighted by Gasteiger charge is 2.20. The van der Waals surface area contributed by atoms with Crippen LogP contribution in [0.1, 0.15) is 31.7 Å². The van der Waals surface area contributed by atoms with Crippen LogP contribution in [0.3, 0.4) is 0 Å². The Morgan fingerprint density at radius 2 is 1.93 bits per heavy atom. The van der Waals surface area contributed by atoms with Crippen molar-refractivity contribution in [1.82, 2.24) is 25.1 Å². The van der Waals surface area contributed by atoms with Crippen LogP contribution >= 0.6 is 11.8 Å². The number of rotatable bonds is 8. The van der Waals surface area contributed by atoms with E-state index in [1.54, 1.807) is 11.8 Å². The summed E-state index contributed by atoms with van der Waals surface area (Å²) in [6.45, 7) is 5.27. The van der Waals surface area contributed by atoms with Gasteiger partial charge >= 0.3 is 0 Å². The zero-order chi connectivity index (χ0) is 20.8. The van der Waals surface area contributed by atoms with Crippen LogP contribution in [0.4, 0.5) is 5.82 Å². The maximum atomic E-state index is 12.2. The predicted octanol–water partition coefficient (Wildman–Crippen LogP) is 3.29. The quantitative estimate of drug-likeness (QED) is 0.442. The Balaban J connectivity index is 1.47. The van der Waals surface area contributed by atoms with Crippen molar-refractivity contribution in [3.8, 4) is 0 Å². The summed E-state index contributed by atoms with van der Waals surface area (Å²) in [5, 5.41) is 9.34. The van der Waals surface area contributed by atoms with Crippen LogP contribution in [0, 0.1) is 0 Å². The van der Waals surface area contributed by atoms with Gasteiger partial charge in [0.05, 0.1) is 24.5 Å². The van der Waals surface area contributed by atoms with Gasteiger partial charge in [-0.05, 0) is 30.6 Å². The van der Waals surface area contributed by atoms with Crippen LogP contribution < -0.4 is 10.2 Å². The van der Waals surface area contributed by atoms with Gasteiger partial charge in [0.1, 0.15) is 5.82 Å². The number of hydrogen-bond acceptors (Lipinski definition) is 6. The summed E-state index contributed by atoms with van der Waals surface area (Å²) in [7, 11) is 0. The normalized spacial score (nSPS) is 14.2. The number of nitrogens with one attached hydrogen (secondary N) is 1. The Kier molecular flexibility index (Phi) is 6.84. The molecule has 1 amide bonds. The number of thioether (sulfide) groups is 1. The van der Waals surface area contributed by atoms with E-state index in [2.05, 4.69) is 22.2 Å². The molecule has 0 bridgehead atoms. The lowest BCUT2D eigenvalue weighted by Gasteiger charge is -2.28. The van der Waals surface area contributed by atoms with Crippen LogP contribution in [0.15, 0.2) is 41.7 Å². The zero-order valence-corrected chi connectivity index (χ0v) is 18.2. The fourth-order valence-electron chi connectivity index (χ4n) is 3.77. The number of benzene rings is 1. The van der Waals surface area contributed by atoms with E-state index in [-0.39, 0.29) is 5.91 Å². The average Bonchev–Trinajstić information content (AvgIpc) is 3.18. The molecule has 1 aliphatic heterocycles. The second-order valence-corrected chi connectivity index (χ2v) is 8.66. The standard InChI is InChI=1S/C22H28N6OS/c1-2-30-22-25-20(27-12-7-4-8-13-27)18-16-24-28(21(18)26-22)14-11-23-19(29)15-17-9-5-3-6-10-17/h3,5-6,9-10,16H,2,4,7-8,11-15H2,1H3,(H,23,29). The third kappa shape index (κ3) is 4.92. The Labute approximate surface area is 181 Å². The third-order valence-electron chi connectivity index (χ3n) is 5.24. The molecule has 1 fully saturated rings. The Morgan fingerprint density at radius 3 is 2.70 bits per heavy atom. The number of nitrogens with zero attached hydrogens (tertiary/aromatic N) is 5. The first-order valence-electron chi connectivity index (χ1n) is 10.7. The lowest BCUT2D eigenvalue weighted by atomic mass is 10.1. The molecular formula is C22H28N6OS. The number of carbonyl (C=O) groups is 1. The molecule has 1 aromatic carbocycles. The molecule has 1 saturated heterocycles. The molecule has 0 saturated carbocycles. The molecule has 0 atom stereocenters. The van der Waals surface area contributed by atoms with Gasteiger partial charge in [0.15, 0.2) is 10.8 Å². The fraction of sp³-hybridized carbons (Fsp3) is 0.455. The zero-order valence-electron chi connectivity index (χ0n) is 17.4. The van der Waals surface area contributed by atoms with Crippen molar-refractivity contribution in [3.05, 3.63) is 42.1 Å². The molecule has 0 aliphatic carbocycles. The number of aromatic nitrogens is 4. The van der Waals surface area contributed by atoms with E-state index in [9.17, 15) is 4.79 Å². The molecule has 0 radical (unpaired) electrons. The maximum absolute atomic E-state index is 12.2. The van der Waals surface area contributed by atoms with Gasteiger partial charge < -0.3 is 10.2 Å². The minimum atomic E-state index is 0.0171. The molecule has 30 heavy (non-hydrogen) atoms. The van der Waals surface area contributed by atoms with Crippen molar-refractivity contribution in [1.29, 1.82) is 0 Å². The molecule has 7 nitrogen and oxygen atoms in total. The van der Waals surface area contributed by atoms with E-state index < -0.39 is 0 Å². The summed E-state index contributed by atoms with van der Waals surface area (Å²) < 4.78 is 1.88. The molecule has 0 spiro atoms. The molecule has 2 aromatic heterocycles. The molecule has 158 valence electrons. The van der Waals surface area contributed by atoms with Crippen LogP contribution in [0.5, 0.6) is 0 Å². The summed E-state index contributed by atoms with van der Waals surface area (Å²) in [5.41, 5.74) is 1.86. The smallest absolute Gasteiger partial charge is 0.224 e. The van der Waals surface area contributed by atoms with Crippen molar-refractivity contribution < 1.29 is 4.79 Å². The second-order valence-electron chi connectivity index (χ2n) is 7.43. The van der Waals surface area contributed by atoms with Crippen molar-refractivity contribution in [2.24, 2.45) is 0 Å². The largest absolute Gasteiger partial charge is 0.356 e. The lowest BCUT2D eigenvalue weighted by Crippen LogP contribution is -2.30. The monoisotopic (exact) mass is 424 g/mol. The van der Waals surface area contributed by atoms with Crippen LogP contribution in [0.25, 0.3) is 11.0 Å². The summed E-state index contributed by atoms with van der Waals surface area (Å²) in [4.78, 5) is 24.2. The highest BCUT2D eigenvalue weighted by Crippen LogP contribution is 2.29. The fourth-order valence-corrected chi connectivity index (χ4v) is 4.33. The van der Waals surface area contributed by atoms with E-state index in [4.69, 9.17) is 9.97 Å². The van der Waals surface area contributed by atoms with Gasteiger partial charge in [0.2, 0.25) is 5.91 Å².